The number of rotatable bonds is 9. The standard InChI is InChI=1S/C15H24N2O2Si.C9H10N2O/c1-18-11-14-13-7-5-6-8-15(13)17(16-14)12-19-9-10-20(2,3)4;1-12-6-9-7-4-2-3-5-8(7)10-11-9/h5-8H,9-12H2,1-4H3;2-5H,6H2,1H3,(H,10,11). The van der Waals surface area contributed by atoms with Gasteiger partial charge >= 0.3 is 0 Å². The molecule has 0 spiro atoms. The van der Waals surface area contributed by atoms with Crippen molar-refractivity contribution in [3.8, 4) is 0 Å². The van der Waals surface area contributed by atoms with Crippen molar-refractivity contribution in [2.24, 2.45) is 0 Å². The summed E-state index contributed by atoms with van der Waals surface area (Å²) in [7, 11) is 2.34. The van der Waals surface area contributed by atoms with Crippen molar-refractivity contribution in [3.05, 3.63) is 59.9 Å². The highest BCUT2D eigenvalue weighted by Gasteiger charge is 2.13. The van der Waals surface area contributed by atoms with Crippen LogP contribution in [-0.4, -0.2) is 48.9 Å². The third kappa shape index (κ3) is 6.49. The molecule has 4 rings (SSSR count). The Morgan fingerprint density at radius 3 is 2.31 bits per heavy atom. The van der Waals surface area contributed by atoms with Crippen molar-refractivity contribution in [1.29, 1.82) is 0 Å². The Morgan fingerprint density at radius 1 is 0.906 bits per heavy atom. The molecule has 0 radical (unpaired) electrons. The molecule has 0 saturated heterocycles. The molecule has 0 bridgehead atoms. The van der Waals surface area contributed by atoms with E-state index < -0.39 is 8.07 Å². The maximum Gasteiger partial charge on any atom is 0.140 e. The summed E-state index contributed by atoms with van der Waals surface area (Å²) in [4.78, 5) is 0. The quantitative estimate of drug-likeness (QED) is 0.278. The molecule has 0 amide bonds. The minimum Gasteiger partial charge on any atom is -0.378 e. The lowest BCUT2D eigenvalue weighted by atomic mass is 10.2. The van der Waals surface area contributed by atoms with Crippen LogP contribution >= 0.6 is 0 Å². The first-order chi connectivity index (χ1) is 15.4. The van der Waals surface area contributed by atoms with Crippen LogP contribution in [0.1, 0.15) is 11.4 Å². The second kappa shape index (κ2) is 11.4. The zero-order valence-corrected chi connectivity index (χ0v) is 20.7. The van der Waals surface area contributed by atoms with Crippen LogP contribution in [0.5, 0.6) is 0 Å². The Labute approximate surface area is 190 Å². The molecule has 32 heavy (non-hydrogen) atoms. The maximum absolute atomic E-state index is 5.79. The second-order valence-electron chi connectivity index (χ2n) is 8.90. The monoisotopic (exact) mass is 454 g/mol. The zero-order chi connectivity index (χ0) is 23.0. The van der Waals surface area contributed by atoms with Gasteiger partial charge in [0.25, 0.3) is 0 Å². The molecule has 2 aromatic carbocycles. The SMILES string of the molecule is COCc1[nH]nc2ccccc12.COCc1nn(COCC[Si](C)(C)C)c2ccccc12. The molecule has 8 heteroatoms. The Bertz CT molecular complexity index is 1120. The number of fused-ring (bicyclic) bond motifs is 2. The van der Waals surface area contributed by atoms with Crippen molar-refractivity contribution in [1.82, 2.24) is 20.0 Å². The molecule has 0 saturated carbocycles. The molecule has 0 aliphatic carbocycles. The number of benzene rings is 2. The van der Waals surface area contributed by atoms with Crippen LogP contribution < -0.4 is 0 Å². The van der Waals surface area contributed by atoms with Gasteiger partial charge in [-0.25, -0.2) is 4.68 Å². The molecule has 4 aromatic rings. The van der Waals surface area contributed by atoms with Crippen molar-refractivity contribution >= 4 is 29.9 Å². The number of ether oxygens (including phenoxy) is 3. The number of nitrogens with one attached hydrogen (secondary N) is 1. The lowest BCUT2D eigenvalue weighted by Gasteiger charge is -2.15. The van der Waals surface area contributed by atoms with Gasteiger partial charge in [0.15, 0.2) is 0 Å². The minimum absolute atomic E-state index is 0.509. The Balaban J connectivity index is 0.000000204. The maximum atomic E-state index is 5.79. The number of para-hydroxylation sites is 2. The fourth-order valence-electron chi connectivity index (χ4n) is 3.34. The summed E-state index contributed by atoms with van der Waals surface area (Å²) in [6.45, 7) is 9.50. The molecule has 2 heterocycles. The lowest BCUT2D eigenvalue weighted by Crippen LogP contribution is -2.22. The largest absolute Gasteiger partial charge is 0.378 e. The third-order valence-corrected chi connectivity index (χ3v) is 6.76. The van der Waals surface area contributed by atoms with E-state index in [0.29, 0.717) is 19.9 Å². The Kier molecular flexibility index (Phi) is 8.58. The van der Waals surface area contributed by atoms with Crippen LogP contribution in [0.4, 0.5) is 0 Å². The predicted octanol–water partition coefficient (Wildman–Crippen LogP) is 5.20. The van der Waals surface area contributed by atoms with Crippen LogP contribution in [-0.2, 0) is 34.2 Å². The van der Waals surface area contributed by atoms with E-state index in [1.807, 2.05) is 41.1 Å². The van der Waals surface area contributed by atoms with Crippen molar-refractivity contribution in [2.45, 2.75) is 45.6 Å². The van der Waals surface area contributed by atoms with Crippen molar-refractivity contribution in [3.63, 3.8) is 0 Å². The molecule has 1 N–H and O–H groups in total. The zero-order valence-electron chi connectivity index (χ0n) is 19.7. The number of aromatic nitrogens is 4. The molecule has 7 nitrogen and oxygen atoms in total. The Morgan fingerprint density at radius 2 is 1.59 bits per heavy atom. The number of H-pyrrole nitrogens is 1. The normalized spacial score (nSPS) is 11.7. The van der Waals surface area contributed by atoms with Crippen LogP contribution in [0.3, 0.4) is 0 Å². The summed E-state index contributed by atoms with van der Waals surface area (Å²) in [5.74, 6) is 0. The summed E-state index contributed by atoms with van der Waals surface area (Å²) in [6, 6.07) is 17.4. The summed E-state index contributed by atoms with van der Waals surface area (Å²) in [5, 5.41) is 13.9. The van der Waals surface area contributed by atoms with Crippen LogP contribution in [0.15, 0.2) is 48.5 Å². The smallest absolute Gasteiger partial charge is 0.140 e. The lowest BCUT2D eigenvalue weighted by molar-refractivity contribution is 0.0805. The summed E-state index contributed by atoms with van der Waals surface area (Å²) in [6.07, 6.45) is 0. The van der Waals surface area contributed by atoms with Crippen molar-refractivity contribution in [2.75, 3.05) is 20.8 Å². The van der Waals surface area contributed by atoms with E-state index >= 15 is 0 Å². The topological polar surface area (TPSA) is 74.2 Å². The van der Waals surface area contributed by atoms with Gasteiger partial charge < -0.3 is 14.2 Å². The number of methoxy groups -OCH3 is 2. The third-order valence-electron chi connectivity index (χ3n) is 5.05. The molecule has 0 aliphatic rings. The molecular weight excluding hydrogens is 420 g/mol. The van der Waals surface area contributed by atoms with Gasteiger partial charge in [0.05, 0.1) is 35.6 Å². The molecule has 2 aromatic heterocycles. The first-order valence-corrected chi connectivity index (χ1v) is 14.6. The fraction of sp³-hybridized carbons (Fsp3) is 0.417. The number of hydrogen-bond acceptors (Lipinski definition) is 5. The predicted molar refractivity (Wildman–Crippen MR) is 131 cm³/mol. The van der Waals surface area contributed by atoms with E-state index in [9.17, 15) is 0 Å². The van der Waals surface area contributed by atoms with E-state index in [1.165, 1.54) is 6.04 Å². The second-order valence-corrected chi connectivity index (χ2v) is 14.5. The number of hydrogen-bond donors (Lipinski definition) is 1. The molecule has 172 valence electrons. The van der Waals surface area contributed by atoms with Gasteiger partial charge in [-0.2, -0.15) is 10.2 Å². The summed E-state index contributed by atoms with van der Waals surface area (Å²) >= 11 is 0. The molecular formula is C24H34N4O3Si. The summed E-state index contributed by atoms with van der Waals surface area (Å²) in [5.41, 5.74) is 4.10. The molecule has 0 atom stereocenters. The van der Waals surface area contributed by atoms with E-state index in [1.54, 1.807) is 14.2 Å². The van der Waals surface area contributed by atoms with Gasteiger partial charge in [0.1, 0.15) is 6.73 Å². The molecule has 0 aliphatic heterocycles. The number of nitrogens with zero attached hydrogens (tertiary/aromatic N) is 3. The van der Waals surface area contributed by atoms with Gasteiger partial charge in [-0.3, -0.25) is 5.10 Å². The Hall–Kier alpha value is -2.52. The van der Waals surface area contributed by atoms with Gasteiger partial charge in [-0.1, -0.05) is 56.0 Å². The highest BCUT2D eigenvalue weighted by Crippen LogP contribution is 2.19. The van der Waals surface area contributed by atoms with Crippen LogP contribution in [0, 0.1) is 0 Å². The average Bonchev–Trinajstić information content (AvgIpc) is 3.34. The summed E-state index contributed by atoms with van der Waals surface area (Å²) < 4.78 is 17.9. The fourth-order valence-corrected chi connectivity index (χ4v) is 4.09. The van der Waals surface area contributed by atoms with Crippen molar-refractivity contribution < 1.29 is 14.2 Å². The average molecular weight is 455 g/mol. The highest BCUT2D eigenvalue weighted by molar-refractivity contribution is 6.76. The number of aromatic amines is 1. The van der Waals surface area contributed by atoms with Gasteiger partial charge in [0.2, 0.25) is 0 Å². The minimum atomic E-state index is -1.03. The van der Waals surface area contributed by atoms with Crippen LogP contribution in [0.25, 0.3) is 21.8 Å². The van der Waals surface area contributed by atoms with Gasteiger partial charge in [0, 0.05) is 39.7 Å². The highest BCUT2D eigenvalue weighted by atomic mass is 28.3. The van der Waals surface area contributed by atoms with Gasteiger partial charge in [-0.15, -0.1) is 0 Å². The van der Waals surface area contributed by atoms with E-state index in [0.717, 1.165) is 39.8 Å². The van der Waals surface area contributed by atoms with E-state index in [4.69, 9.17) is 14.2 Å². The first kappa shape index (κ1) is 24.1. The van der Waals surface area contributed by atoms with Crippen LogP contribution in [0.2, 0.25) is 25.7 Å². The van der Waals surface area contributed by atoms with E-state index in [2.05, 4.69) is 47.1 Å². The molecule has 0 fully saturated rings. The van der Waals surface area contributed by atoms with Gasteiger partial charge in [-0.05, 0) is 18.2 Å². The first-order valence-electron chi connectivity index (χ1n) is 10.8. The van der Waals surface area contributed by atoms with E-state index in [-0.39, 0.29) is 0 Å². The molecule has 0 unspecified atom stereocenters.